The van der Waals surface area contributed by atoms with Crippen LogP contribution in [0.25, 0.3) is 0 Å². The van der Waals surface area contributed by atoms with Crippen molar-refractivity contribution in [2.24, 2.45) is 0 Å². The van der Waals surface area contributed by atoms with Crippen molar-refractivity contribution in [3.05, 3.63) is 60.4 Å². The maximum absolute atomic E-state index is 11.6. The van der Waals surface area contributed by atoms with E-state index in [0.29, 0.717) is 6.42 Å². The minimum atomic E-state index is -0.389. The quantitative estimate of drug-likeness (QED) is 0.858. The number of nitrogens with zero attached hydrogens (tertiary/aromatic N) is 2. The average Bonchev–Trinajstić information content (AvgIpc) is 2.94. The number of aromatic nitrogens is 1. The highest BCUT2D eigenvalue weighted by Crippen LogP contribution is 2.37. The summed E-state index contributed by atoms with van der Waals surface area (Å²) in [6, 6.07) is 13.8. The van der Waals surface area contributed by atoms with Crippen molar-refractivity contribution in [3.63, 3.8) is 0 Å². The Bertz CT molecular complexity index is 538. The van der Waals surface area contributed by atoms with Gasteiger partial charge in [0, 0.05) is 18.8 Å². The lowest BCUT2D eigenvalue weighted by atomic mass is 10.0. The molecule has 4 nitrogen and oxygen atoms in total. The van der Waals surface area contributed by atoms with E-state index in [4.69, 9.17) is 4.84 Å². The second-order valence-electron chi connectivity index (χ2n) is 4.90. The number of pyridine rings is 1. The molecule has 0 aliphatic carbocycles. The molecule has 1 aromatic carbocycles. The summed E-state index contributed by atoms with van der Waals surface area (Å²) in [6.45, 7) is 1.57. The van der Waals surface area contributed by atoms with Crippen molar-refractivity contribution in [2.45, 2.75) is 25.5 Å². The van der Waals surface area contributed by atoms with Crippen LogP contribution in [0.5, 0.6) is 0 Å². The molecule has 0 amide bonds. The molecule has 0 radical (unpaired) electrons. The van der Waals surface area contributed by atoms with Crippen LogP contribution in [0.4, 0.5) is 5.69 Å². The molecule has 2 aromatic rings. The molecule has 1 aliphatic heterocycles. The van der Waals surface area contributed by atoms with Crippen molar-refractivity contribution in [3.8, 4) is 0 Å². The number of hydroxylamine groups is 1. The molecule has 2 atom stereocenters. The number of rotatable bonds is 3. The highest BCUT2D eigenvalue weighted by molar-refractivity contribution is 5.81. The molecular formula is C16H16N2O2. The zero-order valence-corrected chi connectivity index (χ0v) is 11.3. The third kappa shape index (κ3) is 2.42. The molecule has 1 aromatic heterocycles. The predicted octanol–water partition coefficient (Wildman–Crippen LogP) is 2.92. The van der Waals surface area contributed by atoms with Gasteiger partial charge in [-0.2, -0.15) is 0 Å². The van der Waals surface area contributed by atoms with Crippen LogP contribution < -0.4 is 5.06 Å². The molecule has 3 rings (SSSR count). The summed E-state index contributed by atoms with van der Waals surface area (Å²) in [5, 5.41) is 1.82. The van der Waals surface area contributed by atoms with E-state index >= 15 is 0 Å². The third-order valence-corrected chi connectivity index (χ3v) is 3.49. The van der Waals surface area contributed by atoms with E-state index in [-0.39, 0.29) is 17.9 Å². The van der Waals surface area contributed by atoms with Gasteiger partial charge in [-0.05, 0) is 30.7 Å². The van der Waals surface area contributed by atoms with Crippen LogP contribution in [0.1, 0.15) is 24.9 Å². The summed E-state index contributed by atoms with van der Waals surface area (Å²) >= 11 is 0. The van der Waals surface area contributed by atoms with Gasteiger partial charge in [0.2, 0.25) is 0 Å². The van der Waals surface area contributed by atoms with E-state index in [2.05, 4.69) is 4.98 Å². The first-order valence-corrected chi connectivity index (χ1v) is 6.67. The maximum atomic E-state index is 11.6. The first-order valence-electron chi connectivity index (χ1n) is 6.67. The molecule has 0 bridgehead atoms. The fourth-order valence-corrected chi connectivity index (χ4v) is 2.45. The van der Waals surface area contributed by atoms with Gasteiger partial charge in [0.25, 0.3) is 0 Å². The molecule has 0 unspecified atom stereocenters. The molecular weight excluding hydrogens is 252 g/mol. The number of Topliss-reactive ketones (excluding diaryl/α,β-unsaturated/α-hetero) is 1. The van der Waals surface area contributed by atoms with Gasteiger partial charge in [0.05, 0.1) is 11.7 Å². The first-order chi connectivity index (χ1) is 9.75. The molecule has 4 heteroatoms. The average molecular weight is 268 g/mol. The molecule has 0 N–H and O–H groups in total. The standard InChI is InChI=1S/C16H16N2O2/c1-12(19)16-10-15(13-6-5-9-17-11-13)18(20-16)14-7-3-2-4-8-14/h2-9,11,15-16H,10H2,1H3/t15-,16-/m0/s1. The lowest BCUT2D eigenvalue weighted by Gasteiger charge is -2.24. The van der Waals surface area contributed by atoms with Crippen LogP contribution in [0.2, 0.25) is 0 Å². The number of benzene rings is 1. The lowest BCUT2D eigenvalue weighted by molar-refractivity contribution is -0.126. The van der Waals surface area contributed by atoms with E-state index in [9.17, 15) is 4.79 Å². The Balaban J connectivity index is 1.95. The fraction of sp³-hybridized carbons (Fsp3) is 0.250. The summed E-state index contributed by atoms with van der Waals surface area (Å²) in [6.07, 6.45) is 3.83. The summed E-state index contributed by atoms with van der Waals surface area (Å²) in [5.41, 5.74) is 2.00. The number of hydrogen-bond donors (Lipinski definition) is 0. The van der Waals surface area contributed by atoms with Crippen molar-refractivity contribution in [2.75, 3.05) is 5.06 Å². The molecule has 0 spiro atoms. The summed E-state index contributed by atoms with van der Waals surface area (Å²) in [4.78, 5) is 21.6. The van der Waals surface area contributed by atoms with Crippen LogP contribution >= 0.6 is 0 Å². The molecule has 0 saturated carbocycles. The summed E-state index contributed by atoms with van der Waals surface area (Å²) in [7, 11) is 0. The van der Waals surface area contributed by atoms with Crippen molar-refractivity contribution in [1.82, 2.24) is 4.98 Å². The second-order valence-corrected chi connectivity index (χ2v) is 4.90. The van der Waals surface area contributed by atoms with Crippen molar-refractivity contribution in [1.29, 1.82) is 0 Å². The summed E-state index contributed by atoms with van der Waals surface area (Å²) in [5.74, 6) is 0.0531. The van der Waals surface area contributed by atoms with Gasteiger partial charge in [0.1, 0.15) is 6.10 Å². The number of carbonyl (C=O) groups is 1. The van der Waals surface area contributed by atoms with Crippen LogP contribution in [-0.4, -0.2) is 16.9 Å². The molecule has 20 heavy (non-hydrogen) atoms. The van der Waals surface area contributed by atoms with Crippen LogP contribution in [0.3, 0.4) is 0 Å². The van der Waals surface area contributed by atoms with E-state index in [1.165, 1.54) is 0 Å². The number of hydrogen-bond acceptors (Lipinski definition) is 4. The minimum absolute atomic E-state index is 0.0139. The number of para-hydroxylation sites is 1. The van der Waals surface area contributed by atoms with Gasteiger partial charge < -0.3 is 0 Å². The van der Waals surface area contributed by atoms with Gasteiger partial charge in [-0.15, -0.1) is 0 Å². The monoisotopic (exact) mass is 268 g/mol. The summed E-state index contributed by atoms with van der Waals surface area (Å²) < 4.78 is 0. The highest BCUT2D eigenvalue weighted by Gasteiger charge is 2.37. The van der Waals surface area contributed by atoms with Gasteiger partial charge in [-0.3, -0.25) is 14.6 Å². The lowest BCUT2D eigenvalue weighted by Crippen LogP contribution is -2.23. The zero-order valence-electron chi connectivity index (χ0n) is 11.3. The largest absolute Gasteiger partial charge is 0.297 e. The van der Waals surface area contributed by atoms with Gasteiger partial charge in [-0.25, -0.2) is 5.06 Å². The molecule has 1 fully saturated rings. The van der Waals surface area contributed by atoms with E-state index in [1.54, 1.807) is 13.1 Å². The number of carbonyl (C=O) groups excluding carboxylic acids is 1. The minimum Gasteiger partial charge on any atom is -0.297 e. The predicted molar refractivity (Wildman–Crippen MR) is 76.1 cm³/mol. The van der Waals surface area contributed by atoms with E-state index < -0.39 is 0 Å². The van der Waals surface area contributed by atoms with Crippen molar-refractivity contribution >= 4 is 11.5 Å². The van der Waals surface area contributed by atoms with Gasteiger partial charge in [0.15, 0.2) is 5.78 Å². The molecule has 1 saturated heterocycles. The Morgan fingerprint density at radius 1 is 1.25 bits per heavy atom. The van der Waals surface area contributed by atoms with Crippen molar-refractivity contribution < 1.29 is 9.63 Å². The number of anilines is 1. The Hall–Kier alpha value is -2.20. The second kappa shape index (κ2) is 5.43. The SMILES string of the molecule is CC(=O)[C@@H]1C[C@@H](c2cccnc2)N(c2ccccc2)O1. The first kappa shape index (κ1) is 12.8. The highest BCUT2D eigenvalue weighted by atomic mass is 16.7. The Labute approximate surface area is 118 Å². The van der Waals surface area contributed by atoms with Crippen LogP contribution in [-0.2, 0) is 9.63 Å². The molecule has 1 aliphatic rings. The van der Waals surface area contributed by atoms with Gasteiger partial charge >= 0.3 is 0 Å². The normalized spacial score (nSPS) is 21.9. The van der Waals surface area contributed by atoms with Crippen LogP contribution in [0.15, 0.2) is 54.9 Å². The Kier molecular flexibility index (Phi) is 3.48. The number of ketones is 1. The Morgan fingerprint density at radius 2 is 2.05 bits per heavy atom. The van der Waals surface area contributed by atoms with Gasteiger partial charge in [-0.1, -0.05) is 24.3 Å². The van der Waals surface area contributed by atoms with Crippen LogP contribution in [0, 0.1) is 0 Å². The third-order valence-electron chi connectivity index (χ3n) is 3.49. The molecule has 2 heterocycles. The van der Waals surface area contributed by atoms with E-state index in [1.807, 2.05) is 53.7 Å². The molecule has 102 valence electrons. The van der Waals surface area contributed by atoms with E-state index in [0.717, 1.165) is 11.3 Å². The Morgan fingerprint density at radius 3 is 2.70 bits per heavy atom. The maximum Gasteiger partial charge on any atom is 0.161 e. The fourth-order valence-electron chi connectivity index (χ4n) is 2.45. The topological polar surface area (TPSA) is 42.4 Å². The zero-order chi connectivity index (χ0) is 13.9. The smallest absolute Gasteiger partial charge is 0.161 e.